The molecule has 3 heteroatoms. The van der Waals surface area contributed by atoms with E-state index in [1.165, 1.54) is 24.8 Å². The van der Waals surface area contributed by atoms with Gasteiger partial charge in [-0.1, -0.05) is 43.2 Å². The average molecular weight is 288 g/mol. The normalized spacial score (nSPS) is 31.8. The molecule has 2 fully saturated rings. The van der Waals surface area contributed by atoms with Crippen molar-refractivity contribution in [1.82, 2.24) is 10.2 Å². The highest BCUT2D eigenvalue weighted by Gasteiger charge is 2.40. The highest BCUT2D eigenvalue weighted by atomic mass is 16.3. The van der Waals surface area contributed by atoms with Crippen LogP contribution in [0.2, 0.25) is 0 Å². The smallest absolute Gasteiger partial charge is 0.0926 e. The molecule has 2 atom stereocenters. The second kappa shape index (κ2) is 6.91. The number of nitrogens with zero attached hydrogens (tertiary/aromatic N) is 1. The number of piperidine rings is 1. The number of aliphatic hydroxyl groups is 1. The fraction of sp³-hybridized carbons (Fsp3) is 0.667. The van der Waals surface area contributed by atoms with Crippen LogP contribution in [0.4, 0.5) is 0 Å². The van der Waals surface area contributed by atoms with Crippen LogP contribution in [0.15, 0.2) is 30.3 Å². The molecule has 1 aromatic carbocycles. The maximum absolute atomic E-state index is 11.2. The Hall–Kier alpha value is -0.900. The maximum atomic E-state index is 11.2. The number of benzene rings is 1. The number of rotatable bonds is 3. The SMILES string of the molecule is OC1(C2CCCCCN2)CCCN(Cc2ccccc2)C1. The number of β-amino-alcohol motifs (C(OH)–C–C–N with tert-alkyl or cyclic N) is 1. The Bertz CT molecular complexity index is 428. The van der Waals surface area contributed by atoms with Gasteiger partial charge in [-0.25, -0.2) is 0 Å². The van der Waals surface area contributed by atoms with Gasteiger partial charge in [-0.05, 0) is 44.3 Å². The topological polar surface area (TPSA) is 35.5 Å². The first-order valence-electron chi connectivity index (χ1n) is 8.48. The molecule has 2 aliphatic heterocycles. The molecule has 116 valence electrons. The third kappa shape index (κ3) is 3.85. The van der Waals surface area contributed by atoms with E-state index in [0.29, 0.717) is 0 Å². The van der Waals surface area contributed by atoms with E-state index in [9.17, 15) is 5.11 Å². The first-order chi connectivity index (χ1) is 10.3. The van der Waals surface area contributed by atoms with Gasteiger partial charge in [0.25, 0.3) is 0 Å². The molecule has 0 radical (unpaired) electrons. The van der Waals surface area contributed by atoms with Crippen molar-refractivity contribution in [1.29, 1.82) is 0 Å². The van der Waals surface area contributed by atoms with Crippen molar-refractivity contribution in [2.75, 3.05) is 19.6 Å². The molecule has 0 amide bonds. The molecule has 0 bridgehead atoms. The Morgan fingerprint density at radius 1 is 1.14 bits per heavy atom. The first-order valence-corrected chi connectivity index (χ1v) is 8.48. The van der Waals surface area contributed by atoms with Gasteiger partial charge in [0.1, 0.15) is 0 Å². The minimum atomic E-state index is -0.544. The highest BCUT2D eigenvalue weighted by Crippen LogP contribution is 2.29. The van der Waals surface area contributed by atoms with E-state index in [1.807, 2.05) is 0 Å². The second-order valence-corrected chi connectivity index (χ2v) is 6.76. The van der Waals surface area contributed by atoms with Gasteiger partial charge in [-0.15, -0.1) is 0 Å². The van der Waals surface area contributed by atoms with Gasteiger partial charge in [0, 0.05) is 19.1 Å². The molecule has 2 unspecified atom stereocenters. The summed E-state index contributed by atoms with van der Waals surface area (Å²) in [6.07, 6.45) is 6.96. The molecule has 0 saturated carbocycles. The summed E-state index contributed by atoms with van der Waals surface area (Å²) in [5.41, 5.74) is 0.799. The van der Waals surface area contributed by atoms with Crippen molar-refractivity contribution in [2.45, 2.75) is 56.7 Å². The van der Waals surface area contributed by atoms with Gasteiger partial charge in [-0.2, -0.15) is 0 Å². The Labute approximate surface area is 128 Å². The number of nitrogens with one attached hydrogen (secondary N) is 1. The summed E-state index contributed by atoms with van der Waals surface area (Å²) in [6.45, 7) is 3.92. The van der Waals surface area contributed by atoms with Gasteiger partial charge in [0.2, 0.25) is 0 Å². The van der Waals surface area contributed by atoms with Crippen molar-refractivity contribution < 1.29 is 5.11 Å². The molecule has 2 N–H and O–H groups in total. The third-order valence-corrected chi connectivity index (χ3v) is 5.04. The van der Waals surface area contributed by atoms with Crippen LogP contribution in [0.1, 0.15) is 44.1 Å². The van der Waals surface area contributed by atoms with Crippen LogP contribution in [0.3, 0.4) is 0 Å². The Kier molecular flexibility index (Phi) is 4.94. The lowest BCUT2D eigenvalue weighted by atomic mass is 9.83. The Morgan fingerprint density at radius 3 is 2.86 bits per heavy atom. The van der Waals surface area contributed by atoms with Crippen LogP contribution >= 0.6 is 0 Å². The van der Waals surface area contributed by atoms with Gasteiger partial charge in [0.05, 0.1) is 5.60 Å². The van der Waals surface area contributed by atoms with Crippen molar-refractivity contribution in [3.05, 3.63) is 35.9 Å². The molecular formula is C18H28N2O. The quantitative estimate of drug-likeness (QED) is 0.897. The van der Waals surface area contributed by atoms with Crippen molar-refractivity contribution in [3.63, 3.8) is 0 Å². The molecule has 2 aliphatic rings. The van der Waals surface area contributed by atoms with E-state index in [2.05, 4.69) is 40.5 Å². The molecule has 3 nitrogen and oxygen atoms in total. The molecule has 3 rings (SSSR count). The van der Waals surface area contributed by atoms with E-state index in [-0.39, 0.29) is 6.04 Å². The van der Waals surface area contributed by atoms with Gasteiger partial charge in [-0.3, -0.25) is 4.90 Å². The number of hydrogen-bond donors (Lipinski definition) is 2. The standard InChI is InChI=1S/C18H28N2O/c21-18(17-10-5-2-6-12-19-17)11-7-13-20(15-18)14-16-8-3-1-4-9-16/h1,3-4,8-9,17,19,21H,2,5-7,10-15H2. The summed E-state index contributed by atoms with van der Waals surface area (Å²) in [7, 11) is 0. The van der Waals surface area contributed by atoms with Crippen molar-refractivity contribution >= 4 is 0 Å². The fourth-order valence-corrected chi connectivity index (χ4v) is 3.90. The Balaban J connectivity index is 1.63. The lowest BCUT2D eigenvalue weighted by Gasteiger charge is -2.44. The molecule has 2 heterocycles. The summed E-state index contributed by atoms with van der Waals surface area (Å²) in [6, 6.07) is 10.9. The van der Waals surface area contributed by atoms with E-state index in [4.69, 9.17) is 0 Å². The third-order valence-electron chi connectivity index (χ3n) is 5.04. The summed E-state index contributed by atoms with van der Waals surface area (Å²) >= 11 is 0. The maximum Gasteiger partial charge on any atom is 0.0926 e. The summed E-state index contributed by atoms with van der Waals surface area (Å²) in [5.74, 6) is 0. The largest absolute Gasteiger partial charge is 0.387 e. The van der Waals surface area contributed by atoms with Crippen LogP contribution in [-0.2, 0) is 6.54 Å². The molecule has 0 spiro atoms. The summed E-state index contributed by atoms with van der Waals surface area (Å²) < 4.78 is 0. The monoisotopic (exact) mass is 288 g/mol. The van der Waals surface area contributed by atoms with Crippen LogP contribution in [-0.4, -0.2) is 41.3 Å². The molecule has 0 aliphatic carbocycles. The van der Waals surface area contributed by atoms with Crippen molar-refractivity contribution in [3.8, 4) is 0 Å². The Morgan fingerprint density at radius 2 is 2.00 bits per heavy atom. The second-order valence-electron chi connectivity index (χ2n) is 6.76. The van der Waals surface area contributed by atoms with E-state index >= 15 is 0 Å². The van der Waals surface area contributed by atoms with Crippen LogP contribution in [0.5, 0.6) is 0 Å². The van der Waals surface area contributed by atoms with Crippen LogP contribution in [0, 0.1) is 0 Å². The molecular weight excluding hydrogens is 260 g/mol. The number of likely N-dealkylation sites (tertiary alicyclic amines) is 1. The lowest BCUT2D eigenvalue weighted by molar-refractivity contribution is -0.0614. The zero-order valence-electron chi connectivity index (χ0n) is 12.9. The van der Waals surface area contributed by atoms with Crippen molar-refractivity contribution in [2.24, 2.45) is 0 Å². The molecule has 21 heavy (non-hydrogen) atoms. The molecule has 1 aromatic rings. The van der Waals surface area contributed by atoms with Crippen LogP contribution < -0.4 is 5.32 Å². The average Bonchev–Trinajstić information content (AvgIpc) is 2.78. The fourth-order valence-electron chi connectivity index (χ4n) is 3.90. The van der Waals surface area contributed by atoms with Gasteiger partial charge >= 0.3 is 0 Å². The lowest BCUT2D eigenvalue weighted by Crippen LogP contribution is -2.59. The predicted octanol–water partition coefficient (Wildman–Crippen LogP) is 2.55. The molecule has 0 aromatic heterocycles. The zero-order chi connectivity index (χ0) is 14.5. The number of hydrogen-bond acceptors (Lipinski definition) is 3. The zero-order valence-corrected chi connectivity index (χ0v) is 12.9. The van der Waals surface area contributed by atoms with Gasteiger partial charge in [0.15, 0.2) is 0 Å². The predicted molar refractivity (Wildman–Crippen MR) is 86.2 cm³/mol. The van der Waals surface area contributed by atoms with E-state index in [0.717, 1.165) is 45.4 Å². The summed E-state index contributed by atoms with van der Waals surface area (Å²) in [4.78, 5) is 2.42. The molecule has 2 saturated heterocycles. The minimum absolute atomic E-state index is 0.276. The van der Waals surface area contributed by atoms with Crippen LogP contribution in [0.25, 0.3) is 0 Å². The first kappa shape index (κ1) is 15.0. The summed E-state index contributed by atoms with van der Waals surface area (Å²) in [5, 5.41) is 14.8. The van der Waals surface area contributed by atoms with E-state index < -0.39 is 5.60 Å². The highest BCUT2D eigenvalue weighted by molar-refractivity contribution is 5.15. The van der Waals surface area contributed by atoms with E-state index in [1.54, 1.807) is 0 Å². The minimum Gasteiger partial charge on any atom is -0.387 e. The van der Waals surface area contributed by atoms with Gasteiger partial charge < -0.3 is 10.4 Å².